The van der Waals surface area contributed by atoms with Crippen molar-refractivity contribution in [1.82, 2.24) is 15.5 Å². The van der Waals surface area contributed by atoms with Crippen molar-refractivity contribution in [3.8, 4) is 0 Å². The molecule has 0 saturated heterocycles. The lowest BCUT2D eigenvalue weighted by Crippen LogP contribution is -2.58. The Balaban J connectivity index is 2.40. The van der Waals surface area contributed by atoms with Crippen molar-refractivity contribution < 1.29 is 28.7 Å². The van der Waals surface area contributed by atoms with Crippen LogP contribution in [-0.4, -0.2) is 65.4 Å². The molecule has 2 N–H and O–H groups in total. The summed E-state index contributed by atoms with van der Waals surface area (Å²) in [5.41, 5.74) is 1.85. The van der Waals surface area contributed by atoms with Crippen molar-refractivity contribution in [2.45, 2.75) is 91.0 Å². The Morgan fingerprint density at radius 3 is 2.35 bits per heavy atom. The van der Waals surface area contributed by atoms with E-state index >= 15 is 0 Å². The Bertz CT molecular complexity index is 973. The van der Waals surface area contributed by atoms with Crippen molar-refractivity contribution in [3.05, 3.63) is 34.9 Å². The molecule has 206 valence electrons. The molecule has 0 aromatic heterocycles. The number of aryl methyl sites for hydroxylation is 2. The van der Waals surface area contributed by atoms with Crippen LogP contribution in [0.3, 0.4) is 0 Å². The molecule has 0 radical (unpaired) electrons. The van der Waals surface area contributed by atoms with Crippen molar-refractivity contribution in [2.24, 2.45) is 0 Å². The van der Waals surface area contributed by atoms with Crippen molar-refractivity contribution in [2.75, 3.05) is 18.9 Å². The molecule has 10 heteroatoms. The SMILES string of the molecule is CCOC(=O)CCNC(=O)C(c1ccc(C)cc1C)N(C(=O)C(CS)NC(=O)OC(C)(C)C)C1CCC1. The number of benzene rings is 1. The number of nitrogens with zero attached hydrogens (tertiary/aromatic N) is 1. The molecule has 2 unspecified atom stereocenters. The summed E-state index contributed by atoms with van der Waals surface area (Å²) in [4.78, 5) is 53.4. The third-order valence-electron chi connectivity index (χ3n) is 6.07. The van der Waals surface area contributed by atoms with E-state index in [4.69, 9.17) is 9.47 Å². The summed E-state index contributed by atoms with van der Waals surface area (Å²) < 4.78 is 10.3. The number of hydrogen-bond acceptors (Lipinski definition) is 7. The van der Waals surface area contributed by atoms with Crippen LogP contribution in [0, 0.1) is 13.8 Å². The highest BCUT2D eigenvalue weighted by Gasteiger charge is 2.42. The topological polar surface area (TPSA) is 114 Å². The first kappa shape index (κ1) is 30.5. The molecule has 0 heterocycles. The number of thiol groups is 1. The van der Waals surface area contributed by atoms with E-state index < -0.39 is 41.6 Å². The van der Waals surface area contributed by atoms with Gasteiger partial charge >= 0.3 is 12.1 Å². The first-order valence-electron chi connectivity index (χ1n) is 12.8. The Morgan fingerprint density at radius 2 is 1.84 bits per heavy atom. The average molecular weight is 536 g/mol. The minimum Gasteiger partial charge on any atom is -0.466 e. The van der Waals surface area contributed by atoms with Gasteiger partial charge < -0.3 is 25.0 Å². The smallest absolute Gasteiger partial charge is 0.408 e. The molecule has 3 amide bonds. The Kier molecular flexibility index (Phi) is 11.3. The zero-order valence-electron chi connectivity index (χ0n) is 22.8. The predicted octanol–water partition coefficient (Wildman–Crippen LogP) is 3.62. The Labute approximate surface area is 225 Å². The summed E-state index contributed by atoms with van der Waals surface area (Å²) in [6, 6.07) is 3.63. The molecule has 0 bridgehead atoms. The van der Waals surface area contributed by atoms with Gasteiger partial charge in [0.25, 0.3) is 0 Å². The first-order valence-corrected chi connectivity index (χ1v) is 13.4. The third-order valence-corrected chi connectivity index (χ3v) is 6.44. The number of nitrogens with one attached hydrogen (secondary N) is 2. The largest absolute Gasteiger partial charge is 0.466 e. The maximum atomic E-state index is 13.9. The van der Waals surface area contributed by atoms with Gasteiger partial charge in [0.1, 0.15) is 17.7 Å². The highest BCUT2D eigenvalue weighted by molar-refractivity contribution is 7.80. The number of rotatable bonds is 11. The van der Waals surface area contributed by atoms with Gasteiger partial charge in [-0.2, -0.15) is 12.6 Å². The van der Waals surface area contributed by atoms with Gasteiger partial charge in [0.15, 0.2) is 0 Å². The van der Waals surface area contributed by atoms with Crippen LogP contribution in [0.15, 0.2) is 18.2 Å². The number of carbonyl (C=O) groups excluding carboxylic acids is 4. The minimum atomic E-state index is -0.987. The van der Waals surface area contributed by atoms with Crippen LogP contribution in [0.2, 0.25) is 0 Å². The molecular formula is C27H41N3O6S. The van der Waals surface area contributed by atoms with E-state index in [0.29, 0.717) is 5.56 Å². The normalized spacial score (nSPS) is 15.1. The third kappa shape index (κ3) is 8.94. The highest BCUT2D eigenvalue weighted by Crippen LogP contribution is 2.35. The zero-order chi connectivity index (χ0) is 27.8. The number of esters is 1. The number of alkyl carbamates (subject to hydrolysis) is 1. The van der Waals surface area contributed by atoms with Gasteiger partial charge in [0.2, 0.25) is 11.8 Å². The lowest BCUT2D eigenvalue weighted by molar-refractivity contribution is -0.147. The van der Waals surface area contributed by atoms with E-state index in [1.807, 2.05) is 32.0 Å². The van der Waals surface area contributed by atoms with E-state index in [2.05, 4.69) is 23.3 Å². The molecule has 2 atom stereocenters. The van der Waals surface area contributed by atoms with Crippen LogP contribution in [0.5, 0.6) is 0 Å². The van der Waals surface area contributed by atoms with Gasteiger partial charge in [0, 0.05) is 18.3 Å². The summed E-state index contributed by atoms with van der Waals surface area (Å²) in [5.74, 6) is -1.18. The number of hydrogen-bond donors (Lipinski definition) is 3. The van der Waals surface area contributed by atoms with Crippen molar-refractivity contribution >= 4 is 36.5 Å². The van der Waals surface area contributed by atoms with Gasteiger partial charge in [-0.05, 0) is 71.9 Å². The minimum absolute atomic E-state index is 0.0238. The van der Waals surface area contributed by atoms with Crippen LogP contribution in [0.1, 0.15) is 76.1 Å². The summed E-state index contributed by atoms with van der Waals surface area (Å²) in [6.07, 6.45) is 1.72. The lowest BCUT2D eigenvalue weighted by atomic mass is 9.87. The van der Waals surface area contributed by atoms with Crippen LogP contribution in [0.4, 0.5) is 4.79 Å². The second-order valence-electron chi connectivity index (χ2n) is 10.3. The van der Waals surface area contributed by atoms with Crippen LogP contribution in [0.25, 0.3) is 0 Å². The molecule has 1 saturated carbocycles. The monoisotopic (exact) mass is 535 g/mol. The van der Waals surface area contributed by atoms with Gasteiger partial charge in [-0.15, -0.1) is 0 Å². The maximum absolute atomic E-state index is 13.9. The number of amides is 3. The first-order chi connectivity index (χ1) is 17.4. The van der Waals surface area contributed by atoms with Gasteiger partial charge in [-0.3, -0.25) is 14.4 Å². The van der Waals surface area contributed by atoms with Crippen molar-refractivity contribution in [1.29, 1.82) is 0 Å². The second kappa shape index (κ2) is 13.7. The van der Waals surface area contributed by atoms with Gasteiger partial charge in [-0.25, -0.2) is 4.79 Å². The zero-order valence-corrected chi connectivity index (χ0v) is 23.7. The molecule has 1 aromatic rings. The molecule has 1 aromatic carbocycles. The predicted molar refractivity (Wildman–Crippen MR) is 144 cm³/mol. The fourth-order valence-electron chi connectivity index (χ4n) is 4.17. The molecule has 2 rings (SSSR count). The Hall–Kier alpha value is -2.75. The second-order valence-corrected chi connectivity index (χ2v) is 10.7. The summed E-state index contributed by atoms with van der Waals surface area (Å²) >= 11 is 4.32. The van der Waals surface area contributed by atoms with Crippen LogP contribution < -0.4 is 10.6 Å². The number of ether oxygens (including phenoxy) is 2. The summed E-state index contributed by atoms with van der Waals surface area (Å²) in [5, 5.41) is 5.44. The summed E-state index contributed by atoms with van der Waals surface area (Å²) in [7, 11) is 0. The molecule has 1 fully saturated rings. The van der Waals surface area contributed by atoms with Crippen LogP contribution >= 0.6 is 12.6 Å². The van der Waals surface area contributed by atoms with E-state index in [0.717, 1.165) is 30.4 Å². The van der Waals surface area contributed by atoms with Gasteiger partial charge in [-0.1, -0.05) is 23.8 Å². The highest BCUT2D eigenvalue weighted by atomic mass is 32.1. The lowest BCUT2D eigenvalue weighted by Gasteiger charge is -2.43. The molecule has 9 nitrogen and oxygen atoms in total. The molecular weight excluding hydrogens is 494 g/mol. The quantitative estimate of drug-likeness (QED) is 0.295. The molecule has 0 spiro atoms. The molecule has 37 heavy (non-hydrogen) atoms. The number of carbonyl (C=O) groups is 4. The fourth-order valence-corrected chi connectivity index (χ4v) is 4.41. The summed E-state index contributed by atoms with van der Waals surface area (Å²) in [6.45, 7) is 11.1. The fraction of sp³-hybridized carbons (Fsp3) is 0.630. The van der Waals surface area contributed by atoms with E-state index in [9.17, 15) is 19.2 Å². The average Bonchev–Trinajstić information content (AvgIpc) is 2.75. The van der Waals surface area contributed by atoms with E-state index in [1.54, 1.807) is 32.6 Å². The Morgan fingerprint density at radius 1 is 1.16 bits per heavy atom. The molecule has 1 aliphatic rings. The van der Waals surface area contributed by atoms with E-state index in [-0.39, 0.29) is 31.4 Å². The maximum Gasteiger partial charge on any atom is 0.408 e. The standard InChI is InChI=1S/C27H41N3O6S/c1-7-35-22(31)13-14-28-24(32)23(20-12-11-17(2)15-18(20)3)30(19-9-8-10-19)25(33)21(16-37)29-26(34)36-27(4,5)6/h11-12,15,19,21,23,37H,7-10,13-14,16H2,1-6H3,(H,28,32)(H,29,34). The van der Waals surface area contributed by atoms with E-state index in [1.165, 1.54) is 0 Å². The van der Waals surface area contributed by atoms with Crippen molar-refractivity contribution in [3.63, 3.8) is 0 Å². The van der Waals surface area contributed by atoms with Gasteiger partial charge in [0.05, 0.1) is 13.0 Å². The molecule has 1 aliphatic carbocycles. The van der Waals surface area contributed by atoms with Crippen LogP contribution in [-0.2, 0) is 23.9 Å². The molecule has 0 aliphatic heterocycles.